The van der Waals surface area contributed by atoms with Crippen LogP contribution in [-0.4, -0.2) is 12.5 Å². The van der Waals surface area contributed by atoms with Crippen LogP contribution in [-0.2, 0) is 4.79 Å². The molecule has 20 heavy (non-hydrogen) atoms. The summed E-state index contributed by atoms with van der Waals surface area (Å²) in [6.45, 7) is 6.33. The van der Waals surface area contributed by atoms with Crippen molar-refractivity contribution in [3.8, 4) is 0 Å². The Morgan fingerprint density at radius 2 is 1.75 bits per heavy atom. The van der Waals surface area contributed by atoms with Crippen LogP contribution in [0, 0.1) is 20.8 Å². The second-order valence-electron chi connectivity index (χ2n) is 5.09. The normalized spacial score (nSPS) is 10.2. The highest BCUT2D eigenvalue weighted by Gasteiger charge is 2.04. The smallest absolute Gasteiger partial charge is 0.243 e. The quantitative estimate of drug-likeness (QED) is 0.888. The first-order valence-corrected chi connectivity index (χ1v) is 6.72. The Kier molecular flexibility index (Phi) is 4.41. The SMILES string of the molecule is Cc1cccc(NCC(=O)Nc2ccc(C)cc2C)c1. The van der Waals surface area contributed by atoms with Crippen LogP contribution < -0.4 is 10.6 Å². The Balaban J connectivity index is 1.92. The van der Waals surface area contributed by atoms with Crippen molar-refractivity contribution in [1.82, 2.24) is 0 Å². The summed E-state index contributed by atoms with van der Waals surface area (Å²) in [5.41, 5.74) is 5.27. The van der Waals surface area contributed by atoms with Gasteiger partial charge < -0.3 is 10.6 Å². The van der Waals surface area contributed by atoms with E-state index in [4.69, 9.17) is 0 Å². The lowest BCUT2D eigenvalue weighted by atomic mass is 10.1. The molecule has 0 radical (unpaired) electrons. The van der Waals surface area contributed by atoms with E-state index in [2.05, 4.69) is 16.7 Å². The van der Waals surface area contributed by atoms with Crippen molar-refractivity contribution < 1.29 is 4.79 Å². The standard InChI is InChI=1S/C17H20N2O/c1-12-5-4-6-15(10-12)18-11-17(20)19-16-8-7-13(2)9-14(16)3/h4-10,18H,11H2,1-3H3,(H,19,20). The van der Waals surface area contributed by atoms with Crippen LogP contribution in [0.5, 0.6) is 0 Å². The number of hydrogen-bond donors (Lipinski definition) is 2. The second-order valence-corrected chi connectivity index (χ2v) is 5.09. The van der Waals surface area contributed by atoms with E-state index in [1.165, 1.54) is 11.1 Å². The molecule has 0 atom stereocenters. The molecular formula is C17H20N2O. The minimum absolute atomic E-state index is 0.0431. The van der Waals surface area contributed by atoms with Gasteiger partial charge in [0, 0.05) is 11.4 Å². The summed E-state index contributed by atoms with van der Waals surface area (Å²) >= 11 is 0. The van der Waals surface area contributed by atoms with Crippen molar-refractivity contribution in [3.05, 3.63) is 59.2 Å². The third-order valence-corrected chi connectivity index (χ3v) is 3.13. The highest BCUT2D eigenvalue weighted by atomic mass is 16.1. The number of carbonyl (C=O) groups is 1. The predicted molar refractivity (Wildman–Crippen MR) is 84.2 cm³/mol. The zero-order valence-electron chi connectivity index (χ0n) is 12.2. The maximum absolute atomic E-state index is 11.9. The molecule has 2 N–H and O–H groups in total. The number of aryl methyl sites for hydroxylation is 3. The zero-order valence-corrected chi connectivity index (χ0v) is 12.2. The summed E-state index contributed by atoms with van der Waals surface area (Å²) in [5.74, 6) is -0.0431. The molecule has 0 aliphatic heterocycles. The molecular weight excluding hydrogens is 248 g/mol. The first kappa shape index (κ1) is 14.1. The van der Waals surface area contributed by atoms with E-state index >= 15 is 0 Å². The fraction of sp³-hybridized carbons (Fsp3) is 0.235. The highest BCUT2D eigenvalue weighted by Crippen LogP contribution is 2.16. The second kappa shape index (κ2) is 6.24. The van der Waals surface area contributed by atoms with Gasteiger partial charge in [-0.25, -0.2) is 0 Å². The lowest BCUT2D eigenvalue weighted by molar-refractivity contribution is -0.114. The molecule has 2 rings (SSSR count). The van der Waals surface area contributed by atoms with Gasteiger partial charge in [0.05, 0.1) is 6.54 Å². The molecule has 3 heteroatoms. The summed E-state index contributed by atoms with van der Waals surface area (Å²) in [6, 6.07) is 14.0. The molecule has 0 saturated carbocycles. The lowest BCUT2D eigenvalue weighted by Crippen LogP contribution is -2.22. The predicted octanol–water partition coefficient (Wildman–Crippen LogP) is 3.66. The van der Waals surface area contributed by atoms with Crippen molar-refractivity contribution >= 4 is 17.3 Å². The number of amides is 1. The van der Waals surface area contributed by atoms with Crippen LogP contribution in [0.4, 0.5) is 11.4 Å². The molecule has 0 heterocycles. The Labute approximate surface area is 120 Å². The van der Waals surface area contributed by atoms with Gasteiger partial charge in [-0.3, -0.25) is 4.79 Å². The monoisotopic (exact) mass is 268 g/mol. The molecule has 0 fully saturated rings. The van der Waals surface area contributed by atoms with Crippen LogP contribution in [0.25, 0.3) is 0 Å². The van der Waals surface area contributed by atoms with Gasteiger partial charge in [-0.1, -0.05) is 29.8 Å². The molecule has 0 unspecified atom stereocenters. The average Bonchev–Trinajstić information content (AvgIpc) is 2.40. The molecule has 3 nitrogen and oxygen atoms in total. The Hall–Kier alpha value is -2.29. The van der Waals surface area contributed by atoms with Crippen molar-refractivity contribution in [3.63, 3.8) is 0 Å². The van der Waals surface area contributed by atoms with Crippen molar-refractivity contribution in [1.29, 1.82) is 0 Å². The number of rotatable bonds is 4. The van der Waals surface area contributed by atoms with Crippen LogP contribution in [0.15, 0.2) is 42.5 Å². The maximum Gasteiger partial charge on any atom is 0.243 e. The van der Waals surface area contributed by atoms with Crippen LogP contribution in [0.1, 0.15) is 16.7 Å². The molecule has 2 aromatic carbocycles. The fourth-order valence-corrected chi connectivity index (χ4v) is 2.09. The van der Waals surface area contributed by atoms with E-state index in [1.807, 2.05) is 57.2 Å². The number of carbonyl (C=O) groups excluding carboxylic acids is 1. The van der Waals surface area contributed by atoms with Gasteiger partial charge in [0.25, 0.3) is 0 Å². The van der Waals surface area contributed by atoms with E-state index in [1.54, 1.807) is 0 Å². The van der Waals surface area contributed by atoms with E-state index in [0.717, 1.165) is 16.9 Å². The van der Waals surface area contributed by atoms with Crippen molar-refractivity contribution in [2.24, 2.45) is 0 Å². The van der Waals surface area contributed by atoms with Crippen LogP contribution in [0.2, 0.25) is 0 Å². The number of nitrogens with one attached hydrogen (secondary N) is 2. The number of anilines is 2. The summed E-state index contributed by atoms with van der Waals surface area (Å²) in [6.07, 6.45) is 0. The summed E-state index contributed by atoms with van der Waals surface area (Å²) < 4.78 is 0. The molecule has 0 aliphatic carbocycles. The van der Waals surface area contributed by atoms with Crippen LogP contribution in [0.3, 0.4) is 0 Å². The lowest BCUT2D eigenvalue weighted by Gasteiger charge is -2.10. The first-order valence-electron chi connectivity index (χ1n) is 6.72. The number of hydrogen-bond acceptors (Lipinski definition) is 2. The van der Waals surface area contributed by atoms with Crippen LogP contribution >= 0.6 is 0 Å². The largest absolute Gasteiger partial charge is 0.376 e. The maximum atomic E-state index is 11.9. The van der Waals surface area contributed by atoms with E-state index in [-0.39, 0.29) is 12.5 Å². The Morgan fingerprint density at radius 3 is 2.45 bits per heavy atom. The number of benzene rings is 2. The molecule has 1 amide bonds. The van der Waals surface area contributed by atoms with E-state index in [0.29, 0.717) is 0 Å². The average molecular weight is 268 g/mol. The molecule has 0 spiro atoms. The third-order valence-electron chi connectivity index (χ3n) is 3.13. The van der Waals surface area contributed by atoms with Crippen molar-refractivity contribution in [2.45, 2.75) is 20.8 Å². The minimum atomic E-state index is -0.0431. The highest BCUT2D eigenvalue weighted by molar-refractivity contribution is 5.94. The molecule has 0 aromatic heterocycles. The van der Waals surface area contributed by atoms with Gasteiger partial charge in [-0.05, 0) is 50.1 Å². The zero-order chi connectivity index (χ0) is 14.5. The molecule has 0 aliphatic rings. The summed E-state index contributed by atoms with van der Waals surface area (Å²) in [5, 5.41) is 6.05. The van der Waals surface area contributed by atoms with Gasteiger partial charge in [0.2, 0.25) is 5.91 Å². The van der Waals surface area contributed by atoms with Gasteiger partial charge in [0.1, 0.15) is 0 Å². The molecule has 2 aromatic rings. The Morgan fingerprint density at radius 1 is 1.00 bits per heavy atom. The van der Waals surface area contributed by atoms with E-state index in [9.17, 15) is 4.79 Å². The van der Waals surface area contributed by atoms with Gasteiger partial charge in [0.15, 0.2) is 0 Å². The van der Waals surface area contributed by atoms with E-state index < -0.39 is 0 Å². The molecule has 0 saturated heterocycles. The Bertz CT molecular complexity index is 620. The van der Waals surface area contributed by atoms with Crippen molar-refractivity contribution in [2.75, 3.05) is 17.2 Å². The summed E-state index contributed by atoms with van der Waals surface area (Å²) in [4.78, 5) is 11.9. The third kappa shape index (κ3) is 3.85. The van der Waals surface area contributed by atoms with Gasteiger partial charge in [-0.2, -0.15) is 0 Å². The molecule has 0 bridgehead atoms. The van der Waals surface area contributed by atoms with Gasteiger partial charge in [-0.15, -0.1) is 0 Å². The topological polar surface area (TPSA) is 41.1 Å². The first-order chi connectivity index (χ1) is 9.54. The molecule has 104 valence electrons. The van der Waals surface area contributed by atoms with Gasteiger partial charge >= 0.3 is 0 Å². The minimum Gasteiger partial charge on any atom is -0.376 e. The fourth-order valence-electron chi connectivity index (χ4n) is 2.09. The summed E-state index contributed by atoms with van der Waals surface area (Å²) in [7, 11) is 0.